The van der Waals surface area contributed by atoms with Crippen molar-refractivity contribution in [3.05, 3.63) is 88.7 Å². The molecule has 0 aliphatic heterocycles. The Morgan fingerprint density at radius 3 is 2.23 bits per heavy atom. The van der Waals surface area contributed by atoms with Crippen LogP contribution in [0.1, 0.15) is 32.9 Å². The second-order valence-corrected chi connectivity index (χ2v) is 7.51. The summed E-state index contributed by atoms with van der Waals surface area (Å²) in [4.78, 5) is 12.4. The minimum atomic E-state index is -0.134. The van der Waals surface area contributed by atoms with Crippen LogP contribution in [0.4, 0.5) is 17.2 Å². The Labute approximate surface area is 181 Å². The highest BCUT2D eigenvalue weighted by atomic mass is 16.1. The maximum absolute atomic E-state index is 12.4. The Balaban J connectivity index is 1.42. The van der Waals surface area contributed by atoms with Crippen molar-refractivity contribution in [2.24, 2.45) is 0 Å². The quantitative estimate of drug-likeness (QED) is 0.487. The smallest absolute Gasteiger partial charge is 0.255 e. The molecule has 7 heteroatoms. The molecule has 0 bridgehead atoms. The molecule has 156 valence electrons. The van der Waals surface area contributed by atoms with Gasteiger partial charge in [0.25, 0.3) is 5.91 Å². The average molecular weight is 412 g/mol. The number of hydrogen-bond acceptors (Lipinski definition) is 5. The Hall–Kier alpha value is -4.00. The molecule has 0 unspecified atom stereocenters. The number of carbonyl (C=O) groups is 1. The predicted molar refractivity (Wildman–Crippen MR) is 122 cm³/mol. The lowest BCUT2D eigenvalue weighted by atomic mass is 10.1. The van der Waals surface area contributed by atoms with Gasteiger partial charge in [-0.15, -0.1) is 10.2 Å². The molecule has 0 aliphatic carbocycles. The van der Waals surface area contributed by atoms with Gasteiger partial charge < -0.3 is 10.6 Å². The summed E-state index contributed by atoms with van der Waals surface area (Å²) < 4.78 is 1.80. The number of carbonyl (C=O) groups excluding carboxylic acids is 1. The maximum atomic E-state index is 12.4. The molecule has 2 N–H and O–H groups in total. The summed E-state index contributed by atoms with van der Waals surface area (Å²) in [5, 5.41) is 19.2. The summed E-state index contributed by atoms with van der Waals surface area (Å²) in [6.07, 6.45) is 0. The van der Waals surface area contributed by atoms with Gasteiger partial charge in [0.05, 0.1) is 5.69 Å². The molecule has 7 nitrogen and oxygen atoms in total. The van der Waals surface area contributed by atoms with Crippen LogP contribution in [0, 0.1) is 27.7 Å². The third-order valence-corrected chi connectivity index (χ3v) is 5.22. The second-order valence-electron chi connectivity index (χ2n) is 7.51. The first kappa shape index (κ1) is 20.3. The molecule has 2 aromatic carbocycles. The minimum absolute atomic E-state index is 0.134. The SMILES string of the molecule is Cc1cccc(C(=O)Nc2ccc(Nc3ccc(-n4nc(C)c(C)c4C)nn3)cc2)c1. The van der Waals surface area contributed by atoms with Crippen LogP contribution in [0.3, 0.4) is 0 Å². The number of amides is 1. The number of rotatable bonds is 5. The summed E-state index contributed by atoms with van der Waals surface area (Å²) in [7, 11) is 0. The van der Waals surface area contributed by atoms with Crippen molar-refractivity contribution in [2.75, 3.05) is 10.6 Å². The van der Waals surface area contributed by atoms with Gasteiger partial charge in [-0.3, -0.25) is 4.79 Å². The first-order chi connectivity index (χ1) is 14.9. The van der Waals surface area contributed by atoms with Crippen molar-refractivity contribution in [3.8, 4) is 5.82 Å². The fourth-order valence-corrected chi connectivity index (χ4v) is 3.22. The van der Waals surface area contributed by atoms with E-state index < -0.39 is 0 Å². The molecule has 0 saturated carbocycles. The van der Waals surface area contributed by atoms with Crippen LogP contribution in [0.25, 0.3) is 5.82 Å². The number of benzene rings is 2. The lowest BCUT2D eigenvalue weighted by Gasteiger charge is -2.09. The Morgan fingerprint density at radius 2 is 1.61 bits per heavy atom. The highest BCUT2D eigenvalue weighted by Gasteiger charge is 2.11. The maximum Gasteiger partial charge on any atom is 0.255 e. The molecule has 0 saturated heterocycles. The lowest BCUT2D eigenvalue weighted by Crippen LogP contribution is -2.11. The third-order valence-electron chi connectivity index (χ3n) is 5.22. The third kappa shape index (κ3) is 4.45. The molecule has 0 radical (unpaired) electrons. The van der Waals surface area contributed by atoms with E-state index in [9.17, 15) is 4.79 Å². The lowest BCUT2D eigenvalue weighted by molar-refractivity contribution is 0.102. The van der Waals surface area contributed by atoms with E-state index >= 15 is 0 Å². The fraction of sp³-hybridized carbons (Fsp3) is 0.167. The number of hydrogen-bond donors (Lipinski definition) is 2. The standard InChI is InChI=1S/C24H24N6O/c1-15-6-5-7-19(14-15)24(31)26-21-10-8-20(9-11-21)25-22-12-13-23(28-27-22)30-18(4)16(2)17(3)29-30/h5-14H,1-4H3,(H,25,27)(H,26,31). The highest BCUT2D eigenvalue weighted by Crippen LogP contribution is 2.20. The zero-order valence-corrected chi connectivity index (χ0v) is 18.0. The fourth-order valence-electron chi connectivity index (χ4n) is 3.22. The summed E-state index contributed by atoms with van der Waals surface area (Å²) in [5.41, 5.74) is 6.43. The van der Waals surface area contributed by atoms with Crippen LogP contribution in [0.2, 0.25) is 0 Å². The van der Waals surface area contributed by atoms with Crippen molar-refractivity contribution >= 4 is 23.1 Å². The summed E-state index contributed by atoms with van der Waals surface area (Å²) in [6, 6.07) is 18.7. The van der Waals surface area contributed by atoms with Gasteiger partial charge in [0.1, 0.15) is 0 Å². The van der Waals surface area contributed by atoms with Crippen LogP contribution in [0.5, 0.6) is 0 Å². The number of aromatic nitrogens is 4. The molecular weight excluding hydrogens is 388 g/mol. The van der Waals surface area contributed by atoms with Gasteiger partial charge in [-0.05, 0) is 81.8 Å². The molecule has 2 heterocycles. The number of nitrogens with one attached hydrogen (secondary N) is 2. The zero-order chi connectivity index (χ0) is 22.0. The molecule has 0 atom stereocenters. The summed E-state index contributed by atoms with van der Waals surface area (Å²) in [6.45, 7) is 8.01. The average Bonchev–Trinajstić information content (AvgIpc) is 3.03. The van der Waals surface area contributed by atoms with E-state index in [0.29, 0.717) is 17.2 Å². The highest BCUT2D eigenvalue weighted by molar-refractivity contribution is 6.04. The van der Waals surface area contributed by atoms with Gasteiger partial charge in [0.15, 0.2) is 11.6 Å². The number of nitrogens with zero attached hydrogens (tertiary/aromatic N) is 4. The summed E-state index contributed by atoms with van der Waals surface area (Å²) in [5.74, 6) is 1.16. The van der Waals surface area contributed by atoms with E-state index in [4.69, 9.17) is 0 Å². The van der Waals surface area contributed by atoms with Gasteiger partial charge in [-0.1, -0.05) is 17.7 Å². The molecule has 31 heavy (non-hydrogen) atoms. The Bertz CT molecular complexity index is 1230. The van der Waals surface area contributed by atoms with Crippen molar-refractivity contribution in [1.82, 2.24) is 20.0 Å². The predicted octanol–water partition coefficient (Wildman–Crippen LogP) is 4.89. The summed E-state index contributed by atoms with van der Waals surface area (Å²) >= 11 is 0. The van der Waals surface area contributed by atoms with Crippen molar-refractivity contribution in [3.63, 3.8) is 0 Å². The van der Waals surface area contributed by atoms with Crippen molar-refractivity contribution in [2.45, 2.75) is 27.7 Å². The number of anilines is 3. The Kier molecular flexibility index (Phi) is 5.49. The van der Waals surface area contributed by atoms with Crippen LogP contribution in [-0.4, -0.2) is 25.9 Å². The Morgan fingerprint density at radius 1 is 0.871 bits per heavy atom. The second kappa shape index (κ2) is 8.39. The van der Waals surface area contributed by atoms with Crippen LogP contribution in [0.15, 0.2) is 60.7 Å². The van der Waals surface area contributed by atoms with Crippen molar-refractivity contribution in [1.29, 1.82) is 0 Å². The molecular formula is C24H24N6O. The largest absolute Gasteiger partial charge is 0.339 e. The van der Waals surface area contributed by atoms with Gasteiger partial charge in [-0.2, -0.15) is 5.10 Å². The molecule has 1 amide bonds. The molecule has 0 spiro atoms. The van der Waals surface area contributed by atoms with Crippen molar-refractivity contribution < 1.29 is 4.79 Å². The van der Waals surface area contributed by atoms with E-state index in [2.05, 4.69) is 25.9 Å². The molecule has 0 aliphatic rings. The molecule has 4 aromatic rings. The van der Waals surface area contributed by atoms with Crippen LogP contribution >= 0.6 is 0 Å². The van der Waals surface area contributed by atoms with E-state index in [0.717, 1.165) is 33.9 Å². The monoisotopic (exact) mass is 412 g/mol. The molecule has 4 rings (SSSR count). The van der Waals surface area contributed by atoms with Gasteiger partial charge in [-0.25, -0.2) is 4.68 Å². The van der Waals surface area contributed by atoms with E-state index in [-0.39, 0.29) is 5.91 Å². The normalized spacial score (nSPS) is 10.7. The van der Waals surface area contributed by atoms with Gasteiger partial charge >= 0.3 is 0 Å². The van der Waals surface area contributed by atoms with E-state index in [1.54, 1.807) is 10.7 Å². The van der Waals surface area contributed by atoms with Crippen LogP contribution < -0.4 is 10.6 Å². The van der Waals surface area contributed by atoms with E-state index in [1.807, 2.05) is 82.3 Å². The van der Waals surface area contributed by atoms with E-state index in [1.165, 1.54) is 0 Å². The zero-order valence-electron chi connectivity index (χ0n) is 18.0. The molecule has 0 fully saturated rings. The topological polar surface area (TPSA) is 84.7 Å². The first-order valence-electron chi connectivity index (χ1n) is 10.0. The number of aryl methyl sites for hydroxylation is 2. The van der Waals surface area contributed by atoms with Gasteiger partial charge in [0.2, 0.25) is 0 Å². The minimum Gasteiger partial charge on any atom is -0.339 e. The first-order valence-corrected chi connectivity index (χ1v) is 10.0. The van der Waals surface area contributed by atoms with Crippen LogP contribution in [-0.2, 0) is 0 Å². The molecule has 2 aromatic heterocycles. The van der Waals surface area contributed by atoms with Gasteiger partial charge in [0, 0.05) is 22.6 Å².